The molecule has 1 saturated heterocycles. The van der Waals surface area contributed by atoms with E-state index in [4.69, 9.17) is 9.84 Å². The first-order valence-electron chi connectivity index (χ1n) is 11.7. The number of morpholine rings is 1. The molecule has 3 aromatic carbocycles. The van der Waals surface area contributed by atoms with Crippen molar-refractivity contribution in [3.8, 4) is 0 Å². The van der Waals surface area contributed by atoms with Gasteiger partial charge in [-0.15, -0.1) is 0 Å². The van der Waals surface area contributed by atoms with Crippen LogP contribution in [0.15, 0.2) is 78.9 Å². The quantitative estimate of drug-likeness (QED) is 0.454. The van der Waals surface area contributed by atoms with E-state index < -0.39 is 12.1 Å². The first-order chi connectivity index (χ1) is 16.4. The summed E-state index contributed by atoms with van der Waals surface area (Å²) in [5.41, 5.74) is 2.70. The van der Waals surface area contributed by atoms with E-state index in [0.29, 0.717) is 18.7 Å². The van der Waals surface area contributed by atoms with Gasteiger partial charge in [0.25, 0.3) is 0 Å². The highest BCUT2D eigenvalue weighted by Crippen LogP contribution is 2.29. The molecule has 2 heterocycles. The summed E-state index contributed by atoms with van der Waals surface area (Å²) < 4.78 is 8.04. The number of fused-ring (bicyclic) bond motifs is 3. The maximum Gasteiger partial charge on any atom is 0.335 e. The number of hydrogen-bond donors (Lipinski definition) is 2. The van der Waals surface area contributed by atoms with Gasteiger partial charge in [0.15, 0.2) is 0 Å². The van der Waals surface area contributed by atoms with Gasteiger partial charge >= 0.3 is 5.97 Å². The van der Waals surface area contributed by atoms with Crippen LogP contribution in [0, 0.1) is 0 Å². The molecule has 3 atom stereocenters. The summed E-state index contributed by atoms with van der Waals surface area (Å²) in [6, 6.07) is 25.2. The number of aromatic carboxylic acids is 1. The molecule has 0 aliphatic carbocycles. The minimum Gasteiger partial charge on any atom is -0.478 e. The summed E-state index contributed by atoms with van der Waals surface area (Å²) in [7, 11) is 0. The molecule has 0 amide bonds. The van der Waals surface area contributed by atoms with Crippen molar-refractivity contribution in [3.05, 3.63) is 84.4 Å². The van der Waals surface area contributed by atoms with Gasteiger partial charge in [-0.05, 0) is 38.1 Å². The second-order valence-corrected chi connectivity index (χ2v) is 8.95. The van der Waals surface area contributed by atoms with Gasteiger partial charge in [-0.1, -0.05) is 54.6 Å². The molecule has 34 heavy (non-hydrogen) atoms. The minimum atomic E-state index is -0.879. The molecule has 2 N–H and O–H groups in total. The highest BCUT2D eigenvalue weighted by atomic mass is 16.5. The van der Waals surface area contributed by atoms with E-state index in [-0.39, 0.29) is 12.2 Å². The summed E-state index contributed by atoms with van der Waals surface area (Å²) in [5.74, 6) is -0.879. The van der Waals surface area contributed by atoms with E-state index >= 15 is 0 Å². The molecule has 178 valence electrons. The Hall–Kier alpha value is -3.19. The number of rotatable bonds is 5. The van der Waals surface area contributed by atoms with Crippen LogP contribution in [0.25, 0.3) is 21.8 Å². The van der Waals surface area contributed by atoms with Crippen LogP contribution in [0.1, 0.15) is 24.2 Å². The van der Waals surface area contributed by atoms with Gasteiger partial charge in [0.05, 0.1) is 30.4 Å². The average Bonchev–Trinajstić information content (AvgIpc) is 3.13. The summed E-state index contributed by atoms with van der Waals surface area (Å²) in [6.07, 6.45) is 0.0464. The van der Waals surface area contributed by atoms with Crippen LogP contribution in [0.5, 0.6) is 0 Å². The second-order valence-electron chi connectivity index (χ2n) is 8.95. The van der Waals surface area contributed by atoms with Gasteiger partial charge < -0.3 is 19.5 Å². The highest BCUT2D eigenvalue weighted by molar-refractivity contribution is 6.07. The fourth-order valence-corrected chi connectivity index (χ4v) is 4.78. The van der Waals surface area contributed by atoms with Crippen molar-refractivity contribution < 1.29 is 19.7 Å². The predicted octanol–water partition coefficient (Wildman–Crippen LogP) is 4.65. The van der Waals surface area contributed by atoms with Crippen LogP contribution in [-0.4, -0.2) is 63.6 Å². The third-order valence-corrected chi connectivity index (χ3v) is 6.06. The lowest BCUT2D eigenvalue weighted by Crippen LogP contribution is -2.48. The van der Waals surface area contributed by atoms with Crippen LogP contribution < -0.4 is 0 Å². The number of ether oxygens (including phenoxy) is 1. The Balaban J connectivity index is 0.000000257. The summed E-state index contributed by atoms with van der Waals surface area (Å²) in [6.45, 7) is 7.25. The molecule has 5 rings (SSSR count). The number of aromatic nitrogens is 1. The van der Waals surface area contributed by atoms with Crippen molar-refractivity contribution in [2.24, 2.45) is 0 Å². The molecule has 0 bridgehead atoms. The Labute approximate surface area is 200 Å². The monoisotopic (exact) mass is 460 g/mol. The molecule has 4 aromatic rings. The summed E-state index contributed by atoms with van der Waals surface area (Å²) >= 11 is 0. The summed E-state index contributed by atoms with van der Waals surface area (Å²) in [4.78, 5) is 12.5. The number of aliphatic hydroxyl groups is 1. The molecule has 3 unspecified atom stereocenters. The van der Waals surface area contributed by atoms with Crippen LogP contribution in [0.3, 0.4) is 0 Å². The van der Waals surface area contributed by atoms with Crippen LogP contribution in [0.4, 0.5) is 0 Å². The van der Waals surface area contributed by atoms with Gasteiger partial charge in [-0.3, -0.25) is 4.90 Å². The molecule has 1 aliphatic heterocycles. The van der Waals surface area contributed by atoms with Crippen molar-refractivity contribution in [1.82, 2.24) is 9.47 Å². The van der Waals surface area contributed by atoms with Crippen LogP contribution in [-0.2, 0) is 11.3 Å². The molecule has 1 aromatic heterocycles. The number of carboxylic acid groups (broad SMARTS) is 1. The second kappa shape index (κ2) is 10.8. The predicted molar refractivity (Wildman–Crippen MR) is 135 cm³/mol. The van der Waals surface area contributed by atoms with Crippen molar-refractivity contribution >= 4 is 27.8 Å². The lowest BCUT2D eigenvalue weighted by Gasteiger charge is -2.36. The number of β-amino-alcohol motifs (C(OH)–C–C–N with tert-alkyl or cyclic N) is 1. The number of carboxylic acids is 1. The van der Waals surface area contributed by atoms with E-state index in [1.165, 1.54) is 21.8 Å². The molecule has 1 fully saturated rings. The zero-order valence-corrected chi connectivity index (χ0v) is 19.7. The SMILES string of the molecule is CC1CN(CC(O)Cn2c3ccccc3c3ccccc32)CC(C)O1.O=C(O)c1ccccc1. The third kappa shape index (κ3) is 5.65. The fourth-order valence-electron chi connectivity index (χ4n) is 4.78. The molecule has 0 saturated carbocycles. The maximum atomic E-state index is 10.8. The van der Waals surface area contributed by atoms with E-state index in [1.807, 2.05) is 0 Å². The number of aliphatic hydroxyl groups excluding tert-OH is 1. The minimum absolute atomic E-state index is 0.226. The maximum absolute atomic E-state index is 10.8. The number of carbonyl (C=O) groups is 1. The Kier molecular flexibility index (Phi) is 7.63. The Bertz CT molecular complexity index is 1170. The molecule has 0 radical (unpaired) electrons. The smallest absolute Gasteiger partial charge is 0.335 e. The van der Waals surface area contributed by atoms with Crippen molar-refractivity contribution in [3.63, 3.8) is 0 Å². The van der Waals surface area contributed by atoms with Crippen molar-refractivity contribution in [1.29, 1.82) is 0 Å². The van der Waals surface area contributed by atoms with Gasteiger partial charge in [0.1, 0.15) is 0 Å². The Morgan fingerprint density at radius 3 is 1.85 bits per heavy atom. The average molecular weight is 461 g/mol. The normalized spacial score (nSPS) is 19.5. The highest BCUT2D eigenvalue weighted by Gasteiger charge is 2.24. The molecular weight excluding hydrogens is 428 g/mol. The zero-order valence-electron chi connectivity index (χ0n) is 19.7. The number of nitrogens with zero attached hydrogens (tertiary/aromatic N) is 2. The van der Waals surface area contributed by atoms with Gasteiger partial charge in [0.2, 0.25) is 0 Å². The Morgan fingerprint density at radius 2 is 1.35 bits per heavy atom. The van der Waals surface area contributed by atoms with E-state index in [1.54, 1.807) is 30.3 Å². The Morgan fingerprint density at radius 1 is 0.853 bits per heavy atom. The molecule has 6 heteroatoms. The summed E-state index contributed by atoms with van der Waals surface area (Å²) in [5, 5.41) is 21.6. The molecule has 6 nitrogen and oxygen atoms in total. The first-order valence-corrected chi connectivity index (χ1v) is 11.7. The number of benzene rings is 3. The van der Waals surface area contributed by atoms with Crippen LogP contribution in [0.2, 0.25) is 0 Å². The van der Waals surface area contributed by atoms with Crippen LogP contribution >= 0.6 is 0 Å². The standard InChI is InChI=1S/C21H26N2O2.C7H6O2/c1-15-11-22(12-16(2)25-15)13-17(24)14-23-20-9-5-3-7-18(20)19-8-4-6-10-21(19)23;8-7(9)6-4-2-1-3-5-6/h3-10,15-17,24H,11-14H2,1-2H3;1-5H,(H,8,9). The lowest BCUT2D eigenvalue weighted by molar-refractivity contribution is -0.0771. The number of para-hydroxylation sites is 2. The van der Waals surface area contributed by atoms with E-state index in [9.17, 15) is 9.90 Å². The molecule has 0 spiro atoms. The van der Waals surface area contributed by atoms with Gasteiger partial charge in [-0.2, -0.15) is 0 Å². The van der Waals surface area contributed by atoms with Crippen molar-refractivity contribution in [2.75, 3.05) is 19.6 Å². The van der Waals surface area contributed by atoms with Gasteiger partial charge in [0, 0.05) is 41.4 Å². The third-order valence-electron chi connectivity index (χ3n) is 6.06. The lowest BCUT2D eigenvalue weighted by atomic mass is 10.2. The fraction of sp³-hybridized carbons (Fsp3) is 0.321. The largest absolute Gasteiger partial charge is 0.478 e. The topological polar surface area (TPSA) is 74.9 Å². The zero-order chi connectivity index (χ0) is 24.1. The van der Waals surface area contributed by atoms with Gasteiger partial charge in [-0.25, -0.2) is 4.79 Å². The van der Waals surface area contributed by atoms with Crippen molar-refractivity contribution in [2.45, 2.75) is 38.7 Å². The molecule has 1 aliphatic rings. The molecular formula is C28H32N2O4. The first kappa shape index (κ1) is 24.0. The van der Waals surface area contributed by atoms with E-state index in [0.717, 1.165) is 13.1 Å². The number of hydrogen-bond acceptors (Lipinski definition) is 4. The van der Waals surface area contributed by atoms with E-state index in [2.05, 4.69) is 71.8 Å².